The van der Waals surface area contributed by atoms with E-state index >= 15 is 0 Å². The van der Waals surface area contributed by atoms with Crippen LogP contribution < -0.4 is 0 Å². The molecule has 0 radical (unpaired) electrons. The van der Waals surface area contributed by atoms with Gasteiger partial charge in [-0.05, 0) is 25.1 Å². The summed E-state index contributed by atoms with van der Waals surface area (Å²) >= 11 is 1.45. The molecule has 2 heterocycles. The van der Waals surface area contributed by atoms with Crippen molar-refractivity contribution in [2.24, 2.45) is 0 Å². The number of hydrogen-bond acceptors (Lipinski definition) is 6. The Balaban J connectivity index is 1.78. The third kappa shape index (κ3) is 2.31. The average Bonchev–Trinajstić information content (AvgIpc) is 2.95. The predicted molar refractivity (Wildman–Crippen MR) is 69.0 cm³/mol. The zero-order chi connectivity index (χ0) is 13.4. The molecule has 0 bridgehead atoms. The molecule has 6 heteroatoms. The van der Waals surface area contributed by atoms with E-state index < -0.39 is 18.0 Å². The van der Waals surface area contributed by atoms with Gasteiger partial charge in [-0.25, -0.2) is 14.6 Å². The van der Waals surface area contributed by atoms with E-state index in [1.807, 2.05) is 0 Å². The van der Waals surface area contributed by atoms with E-state index in [0.29, 0.717) is 12.0 Å². The first-order valence-corrected chi connectivity index (χ1v) is 6.76. The van der Waals surface area contributed by atoms with Crippen molar-refractivity contribution >= 4 is 33.5 Å². The number of carbonyl (C=O) groups is 2. The van der Waals surface area contributed by atoms with Crippen LogP contribution in [0.2, 0.25) is 0 Å². The zero-order valence-electron chi connectivity index (χ0n) is 10.2. The number of carbonyl (C=O) groups excluding carboxylic acids is 2. The van der Waals surface area contributed by atoms with Gasteiger partial charge in [-0.15, -0.1) is 11.3 Å². The van der Waals surface area contributed by atoms with Gasteiger partial charge in [-0.1, -0.05) is 0 Å². The Bertz CT molecular complexity index is 651. The van der Waals surface area contributed by atoms with E-state index in [1.165, 1.54) is 11.3 Å². The maximum absolute atomic E-state index is 12.0. The van der Waals surface area contributed by atoms with Gasteiger partial charge in [0.15, 0.2) is 0 Å². The van der Waals surface area contributed by atoms with Crippen molar-refractivity contribution in [2.45, 2.75) is 25.6 Å². The summed E-state index contributed by atoms with van der Waals surface area (Å²) in [6.45, 7) is 1.77. The fourth-order valence-electron chi connectivity index (χ4n) is 2.00. The van der Waals surface area contributed by atoms with E-state index in [-0.39, 0.29) is 6.10 Å². The van der Waals surface area contributed by atoms with Crippen molar-refractivity contribution in [3.8, 4) is 0 Å². The second kappa shape index (κ2) is 4.62. The van der Waals surface area contributed by atoms with Crippen molar-refractivity contribution in [1.29, 1.82) is 0 Å². The molecule has 2 aromatic rings. The maximum Gasteiger partial charge on any atom is 0.347 e. The Hall–Kier alpha value is -1.95. The third-order valence-electron chi connectivity index (χ3n) is 2.94. The summed E-state index contributed by atoms with van der Waals surface area (Å²) in [5.74, 6) is -0.980. The number of hydrogen-bond donors (Lipinski definition) is 0. The number of aromatic nitrogens is 1. The van der Waals surface area contributed by atoms with E-state index in [1.54, 1.807) is 30.6 Å². The van der Waals surface area contributed by atoms with Gasteiger partial charge in [0.25, 0.3) is 0 Å². The molecule has 1 aliphatic rings. The van der Waals surface area contributed by atoms with Crippen LogP contribution in [-0.2, 0) is 14.3 Å². The van der Waals surface area contributed by atoms with Crippen molar-refractivity contribution in [3.63, 3.8) is 0 Å². The molecule has 98 valence electrons. The summed E-state index contributed by atoms with van der Waals surface area (Å²) in [5, 5.41) is 0. The van der Waals surface area contributed by atoms with Crippen LogP contribution in [0, 0.1) is 0 Å². The number of ether oxygens (including phenoxy) is 2. The van der Waals surface area contributed by atoms with Crippen molar-refractivity contribution in [1.82, 2.24) is 4.98 Å². The molecule has 1 aromatic heterocycles. The van der Waals surface area contributed by atoms with Crippen LogP contribution in [0.5, 0.6) is 0 Å². The number of fused-ring (bicyclic) bond motifs is 1. The first-order chi connectivity index (χ1) is 9.13. The smallest absolute Gasteiger partial charge is 0.347 e. The summed E-state index contributed by atoms with van der Waals surface area (Å²) < 4.78 is 11.0. The highest BCUT2D eigenvalue weighted by molar-refractivity contribution is 7.16. The quantitative estimate of drug-likeness (QED) is 0.787. The molecule has 1 saturated heterocycles. The summed E-state index contributed by atoms with van der Waals surface area (Å²) in [4.78, 5) is 27.5. The van der Waals surface area contributed by atoms with E-state index in [2.05, 4.69) is 4.98 Å². The Morgan fingerprint density at radius 3 is 3.11 bits per heavy atom. The van der Waals surface area contributed by atoms with Gasteiger partial charge in [0.05, 0.1) is 21.3 Å². The molecule has 0 aliphatic carbocycles. The van der Waals surface area contributed by atoms with Gasteiger partial charge in [0, 0.05) is 6.42 Å². The molecule has 0 saturated carbocycles. The number of nitrogens with zero attached hydrogens (tertiary/aromatic N) is 1. The molecule has 0 spiro atoms. The lowest BCUT2D eigenvalue weighted by atomic mass is 10.2. The molecule has 19 heavy (non-hydrogen) atoms. The van der Waals surface area contributed by atoms with E-state index in [9.17, 15) is 9.59 Å². The molecule has 1 aliphatic heterocycles. The molecule has 1 aromatic carbocycles. The van der Waals surface area contributed by atoms with Gasteiger partial charge >= 0.3 is 11.9 Å². The van der Waals surface area contributed by atoms with Crippen LogP contribution in [-0.4, -0.2) is 29.1 Å². The predicted octanol–water partition coefficient (Wildman–Crippen LogP) is 2.16. The zero-order valence-corrected chi connectivity index (χ0v) is 11.0. The lowest BCUT2D eigenvalue weighted by molar-refractivity contribution is -0.147. The van der Waals surface area contributed by atoms with Gasteiger partial charge in [-0.2, -0.15) is 0 Å². The summed E-state index contributed by atoms with van der Waals surface area (Å²) in [6, 6.07) is 5.13. The van der Waals surface area contributed by atoms with Crippen molar-refractivity contribution < 1.29 is 19.1 Å². The van der Waals surface area contributed by atoms with Crippen LogP contribution in [0.1, 0.15) is 23.7 Å². The third-order valence-corrected chi connectivity index (χ3v) is 3.73. The fourth-order valence-corrected chi connectivity index (χ4v) is 2.71. The highest BCUT2D eigenvalue weighted by atomic mass is 32.1. The van der Waals surface area contributed by atoms with Crippen LogP contribution in [0.4, 0.5) is 0 Å². The van der Waals surface area contributed by atoms with Crippen LogP contribution in [0.3, 0.4) is 0 Å². The summed E-state index contributed by atoms with van der Waals surface area (Å²) in [5.41, 5.74) is 2.98. The molecule has 2 atom stereocenters. The lowest BCUT2D eigenvalue weighted by Gasteiger charge is -2.08. The molecule has 0 amide bonds. The molecule has 5 nitrogen and oxygen atoms in total. The largest absolute Gasteiger partial charge is 0.460 e. The van der Waals surface area contributed by atoms with E-state index in [4.69, 9.17) is 9.47 Å². The standard InChI is InChI=1S/C13H11NO4S/c1-7-4-10(13(16)17-7)18-12(15)8-2-3-9-11(5-8)19-6-14-9/h2-3,5-7,10H,4H2,1H3/t7-,10-/m1/s1. The van der Waals surface area contributed by atoms with Gasteiger partial charge in [-0.3, -0.25) is 0 Å². The highest BCUT2D eigenvalue weighted by Gasteiger charge is 2.35. The molecule has 0 unspecified atom stereocenters. The highest BCUT2D eigenvalue weighted by Crippen LogP contribution is 2.22. The molecular weight excluding hydrogens is 266 g/mol. The molecular formula is C13H11NO4S. The van der Waals surface area contributed by atoms with Gasteiger partial charge in [0.2, 0.25) is 6.10 Å². The molecule has 0 N–H and O–H groups in total. The molecule has 1 fully saturated rings. The van der Waals surface area contributed by atoms with Crippen LogP contribution in [0.15, 0.2) is 23.7 Å². The first kappa shape index (κ1) is 12.1. The fraction of sp³-hybridized carbons (Fsp3) is 0.308. The summed E-state index contributed by atoms with van der Waals surface area (Å²) in [6.07, 6.45) is -0.582. The monoisotopic (exact) mass is 277 g/mol. The summed E-state index contributed by atoms with van der Waals surface area (Å²) in [7, 11) is 0. The van der Waals surface area contributed by atoms with E-state index in [0.717, 1.165) is 10.2 Å². The Morgan fingerprint density at radius 2 is 2.37 bits per heavy atom. The number of rotatable bonds is 2. The number of thiazole rings is 1. The van der Waals surface area contributed by atoms with Crippen LogP contribution in [0.25, 0.3) is 10.2 Å². The maximum atomic E-state index is 12.0. The average molecular weight is 277 g/mol. The van der Waals surface area contributed by atoms with Crippen molar-refractivity contribution in [3.05, 3.63) is 29.3 Å². The number of benzene rings is 1. The van der Waals surface area contributed by atoms with Gasteiger partial charge in [0.1, 0.15) is 6.10 Å². The number of cyclic esters (lactones) is 1. The minimum atomic E-state index is -0.792. The van der Waals surface area contributed by atoms with Crippen LogP contribution >= 0.6 is 11.3 Å². The Morgan fingerprint density at radius 1 is 1.53 bits per heavy atom. The Labute approximate surface area is 113 Å². The SMILES string of the molecule is C[C@@H]1C[C@@H](OC(=O)c2ccc3ncsc3c2)C(=O)O1. The second-order valence-electron chi connectivity index (χ2n) is 4.41. The molecule has 3 rings (SSSR count). The minimum absolute atomic E-state index is 0.200. The number of esters is 2. The normalized spacial score (nSPS) is 22.5. The second-order valence-corrected chi connectivity index (χ2v) is 5.30. The van der Waals surface area contributed by atoms with Crippen molar-refractivity contribution in [2.75, 3.05) is 0 Å². The first-order valence-electron chi connectivity index (χ1n) is 5.88. The Kier molecular flexibility index (Phi) is 2.94. The lowest BCUT2D eigenvalue weighted by Crippen LogP contribution is -2.22. The minimum Gasteiger partial charge on any atom is -0.460 e. The van der Waals surface area contributed by atoms with Gasteiger partial charge < -0.3 is 9.47 Å². The topological polar surface area (TPSA) is 65.5 Å².